The summed E-state index contributed by atoms with van der Waals surface area (Å²) in [6.07, 6.45) is 0. The Balaban J connectivity index is 3.19. The Morgan fingerprint density at radius 1 is 1.20 bits per heavy atom. The number of carboxylic acid groups (broad SMARTS) is 1. The number of anilines is 1. The fourth-order valence-corrected chi connectivity index (χ4v) is 1.24. The van der Waals surface area contributed by atoms with Gasteiger partial charge in [0.05, 0.1) is 11.4 Å². The monoisotopic (exact) mass is 209 g/mol. The molecule has 0 fully saturated rings. The van der Waals surface area contributed by atoms with Crippen LogP contribution in [0.5, 0.6) is 0 Å². The average molecular weight is 209 g/mol. The summed E-state index contributed by atoms with van der Waals surface area (Å²) in [4.78, 5) is 29.3. The van der Waals surface area contributed by atoms with Crippen LogP contribution in [-0.4, -0.2) is 27.0 Å². The smallest absolute Gasteiger partial charge is 0.339 e. The number of hydrogen-bond acceptors (Lipinski definition) is 4. The van der Waals surface area contributed by atoms with Crippen molar-refractivity contribution in [3.8, 4) is 0 Å². The van der Waals surface area contributed by atoms with E-state index in [9.17, 15) is 9.59 Å². The predicted octanol–water partition coefficient (Wildman–Crippen LogP) is 0.750. The van der Waals surface area contributed by atoms with Crippen LogP contribution in [0.4, 0.5) is 5.95 Å². The minimum atomic E-state index is -1.07. The first kappa shape index (κ1) is 11.1. The number of aryl methyl sites for hydroxylation is 2. The first-order valence-electron chi connectivity index (χ1n) is 4.28. The summed E-state index contributed by atoms with van der Waals surface area (Å²) < 4.78 is 0. The zero-order valence-corrected chi connectivity index (χ0v) is 8.66. The molecule has 6 heteroatoms. The van der Waals surface area contributed by atoms with Crippen molar-refractivity contribution in [2.75, 3.05) is 5.32 Å². The van der Waals surface area contributed by atoms with Crippen molar-refractivity contribution in [1.82, 2.24) is 9.97 Å². The topological polar surface area (TPSA) is 92.2 Å². The van der Waals surface area contributed by atoms with Gasteiger partial charge in [0.15, 0.2) is 0 Å². The van der Waals surface area contributed by atoms with E-state index < -0.39 is 5.97 Å². The lowest BCUT2D eigenvalue weighted by Gasteiger charge is -2.06. The van der Waals surface area contributed by atoms with Gasteiger partial charge >= 0.3 is 5.97 Å². The molecule has 1 rings (SSSR count). The molecule has 0 spiro atoms. The lowest BCUT2D eigenvalue weighted by atomic mass is 10.2. The highest BCUT2D eigenvalue weighted by molar-refractivity contribution is 5.91. The minimum absolute atomic E-state index is 0.0732. The number of amides is 1. The summed E-state index contributed by atoms with van der Waals surface area (Å²) in [5.41, 5.74) is 0.738. The van der Waals surface area contributed by atoms with Crippen LogP contribution in [0.15, 0.2) is 0 Å². The highest BCUT2D eigenvalue weighted by Gasteiger charge is 2.14. The van der Waals surface area contributed by atoms with Gasteiger partial charge in [0.25, 0.3) is 0 Å². The van der Waals surface area contributed by atoms with Gasteiger partial charge in [0.2, 0.25) is 11.9 Å². The summed E-state index contributed by atoms with van der Waals surface area (Å²) in [5, 5.41) is 11.3. The molecule has 0 atom stereocenters. The molecule has 6 nitrogen and oxygen atoms in total. The van der Waals surface area contributed by atoms with Gasteiger partial charge in [0, 0.05) is 6.92 Å². The fraction of sp³-hybridized carbons (Fsp3) is 0.333. The van der Waals surface area contributed by atoms with Crippen molar-refractivity contribution < 1.29 is 14.7 Å². The van der Waals surface area contributed by atoms with Gasteiger partial charge in [0.1, 0.15) is 5.56 Å². The Morgan fingerprint density at radius 2 is 1.67 bits per heavy atom. The van der Waals surface area contributed by atoms with Crippen LogP contribution < -0.4 is 5.32 Å². The van der Waals surface area contributed by atoms with Crippen LogP contribution in [0.3, 0.4) is 0 Å². The second kappa shape index (κ2) is 4.04. The molecule has 0 unspecified atom stereocenters. The molecule has 0 saturated carbocycles. The highest BCUT2D eigenvalue weighted by atomic mass is 16.4. The first-order valence-corrected chi connectivity index (χ1v) is 4.28. The largest absolute Gasteiger partial charge is 0.478 e. The molecule has 1 amide bonds. The van der Waals surface area contributed by atoms with Crippen molar-refractivity contribution in [2.24, 2.45) is 0 Å². The molecule has 0 aliphatic carbocycles. The third kappa shape index (κ3) is 2.49. The lowest BCUT2D eigenvalue weighted by molar-refractivity contribution is -0.114. The van der Waals surface area contributed by atoms with E-state index in [1.807, 2.05) is 0 Å². The summed E-state index contributed by atoms with van der Waals surface area (Å²) in [7, 11) is 0. The quantitative estimate of drug-likeness (QED) is 0.749. The van der Waals surface area contributed by atoms with Crippen molar-refractivity contribution in [2.45, 2.75) is 20.8 Å². The van der Waals surface area contributed by atoms with Gasteiger partial charge in [-0.2, -0.15) is 0 Å². The number of aromatic nitrogens is 2. The molecule has 0 aromatic carbocycles. The molecule has 0 saturated heterocycles. The third-order valence-corrected chi connectivity index (χ3v) is 1.77. The number of carbonyl (C=O) groups excluding carboxylic acids is 1. The Morgan fingerprint density at radius 3 is 2.00 bits per heavy atom. The first-order chi connectivity index (χ1) is 6.91. The third-order valence-electron chi connectivity index (χ3n) is 1.77. The molecule has 0 aliphatic rings. The van der Waals surface area contributed by atoms with E-state index in [0.29, 0.717) is 11.4 Å². The standard InChI is InChI=1S/C9H11N3O3/c1-4-7(8(14)15)5(2)11-9(10-4)12-6(3)13/h1-3H3,(H,14,15)(H,10,11,12,13). The van der Waals surface area contributed by atoms with Crippen LogP contribution in [0, 0.1) is 13.8 Å². The molecule has 1 aromatic heterocycles. The minimum Gasteiger partial charge on any atom is -0.478 e. The van der Waals surface area contributed by atoms with Gasteiger partial charge in [-0.05, 0) is 13.8 Å². The van der Waals surface area contributed by atoms with Gasteiger partial charge in [-0.3, -0.25) is 10.1 Å². The number of nitrogens with one attached hydrogen (secondary N) is 1. The maximum absolute atomic E-state index is 10.8. The highest BCUT2D eigenvalue weighted by Crippen LogP contribution is 2.12. The zero-order valence-electron chi connectivity index (χ0n) is 8.66. The molecule has 80 valence electrons. The van der Waals surface area contributed by atoms with Crippen LogP contribution >= 0.6 is 0 Å². The van der Waals surface area contributed by atoms with Crippen molar-refractivity contribution in [3.05, 3.63) is 17.0 Å². The van der Waals surface area contributed by atoms with E-state index in [2.05, 4.69) is 15.3 Å². The normalized spacial score (nSPS) is 9.80. The number of carbonyl (C=O) groups is 2. The van der Waals surface area contributed by atoms with Crippen molar-refractivity contribution >= 4 is 17.8 Å². The average Bonchev–Trinajstić information content (AvgIpc) is 1.99. The molecule has 1 heterocycles. The Bertz CT molecular complexity index is 406. The molecule has 0 bridgehead atoms. The Labute approximate surface area is 86.4 Å². The number of carboxylic acids is 1. The maximum Gasteiger partial charge on any atom is 0.339 e. The summed E-state index contributed by atoms with van der Waals surface area (Å²) in [6.45, 7) is 4.45. The van der Waals surface area contributed by atoms with E-state index in [1.165, 1.54) is 6.92 Å². The van der Waals surface area contributed by atoms with Gasteiger partial charge in [-0.15, -0.1) is 0 Å². The predicted molar refractivity (Wildman–Crippen MR) is 52.8 cm³/mol. The van der Waals surface area contributed by atoms with E-state index in [4.69, 9.17) is 5.11 Å². The number of aromatic carboxylic acids is 1. The van der Waals surface area contributed by atoms with E-state index >= 15 is 0 Å². The summed E-state index contributed by atoms with van der Waals surface area (Å²) in [5.74, 6) is -1.24. The molecular weight excluding hydrogens is 198 g/mol. The molecule has 1 aromatic rings. The molecular formula is C9H11N3O3. The van der Waals surface area contributed by atoms with E-state index in [0.717, 1.165) is 0 Å². The van der Waals surface area contributed by atoms with E-state index in [-0.39, 0.29) is 17.4 Å². The molecule has 15 heavy (non-hydrogen) atoms. The van der Waals surface area contributed by atoms with Crippen LogP contribution in [-0.2, 0) is 4.79 Å². The van der Waals surface area contributed by atoms with Gasteiger partial charge in [-0.1, -0.05) is 0 Å². The zero-order chi connectivity index (χ0) is 11.6. The van der Waals surface area contributed by atoms with E-state index in [1.54, 1.807) is 13.8 Å². The van der Waals surface area contributed by atoms with Crippen LogP contribution in [0.25, 0.3) is 0 Å². The van der Waals surface area contributed by atoms with Crippen LogP contribution in [0.1, 0.15) is 28.7 Å². The number of rotatable bonds is 2. The Hall–Kier alpha value is -1.98. The summed E-state index contributed by atoms with van der Waals surface area (Å²) >= 11 is 0. The molecule has 2 N–H and O–H groups in total. The van der Waals surface area contributed by atoms with Gasteiger partial charge < -0.3 is 5.11 Å². The number of nitrogens with zero attached hydrogens (tertiary/aromatic N) is 2. The molecule has 0 radical (unpaired) electrons. The number of hydrogen-bond donors (Lipinski definition) is 2. The SMILES string of the molecule is CC(=O)Nc1nc(C)c(C(=O)O)c(C)n1. The maximum atomic E-state index is 10.8. The fourth-order valence-electron chi connectivity index (χ4n) is 1.24. The van der Waals surface area contributed by atoms with Gasteiger partial charge in [-0.25, -0.2) is 14.8 Å². The second-order valence-electron chi connectivity index (χ2n) is 3.08. The Kier molecular flexibility index (Phi) is 2.99. The van der Waals surface area contributed by atoms with Crippen LogP contribution in [0.2, 0.25) is 0 Å². The summed E-state index contributed by atoms with van der Waals surface area (Å²) in [6, 6.07) is 0. The second-order valence-corrected chi connectivity index (χ2v) is 3.08. The van der Waals surface area contributed by atoms with Crippen molar-refractivity contribution in [3.63, 3.8) is 0 Å². The molecule has 0 aliphatic heterocycles. The lowest BCUT2D eigenvalue weighted by Crippen LogP contribution is -2.14. The van der Waals surface area contributed by atoms with Crippen molar-refractivity contribution in [1.29, 1.82) is 0 Å².